The van der Waals surface area contributed by atoms with Gasteiger partial charge in [0.05, 0.1) is 10.9 Å². The highest BCUT2D eigenvalue weighted by atomic mass is 32.2. The largest absolute Gasteiger partial charge is 0.354 e. The summed E-state index contributed by atoms with van der Waals surface area (Å²) in [7, 11) is -3.66. The van der Waals surface area contributed by atoms with Gasteiger partial charge in [0.2, 0.25) is 15.9 Å². The van der Waals surface area contributed by atoms with E-state index < -0.39 is 10.0 Å². The van der Waals surface area contributed by atoms with E-state index in [-0.39, 0.29) is 16.8 Å². The number of nitrogens with two attached hydrogens (primary N) is 1. The number of nitrogens with zero attached hydrogens (tertiary/aromatic N) is 1. The van der Waals surface area contributed by atoms with Gasteiger partial charge in [-0.15, -0.1) is 0 Å². The van der Waals surface area contributed by atoms with Gasteiger partial charge in [0, 0.05) is 6.54 Å². The zero-order valence-electron chi connectivity index (χ0n) is 14.2. The minimum Gasteiger partial charge on any atom is -0.354 e. The molecule has 3 N–H and O–H groups in total. The van der Waals surface area contributed by atoms with E-state index in [0.717, 1.165) is 31.5 Å². The van der Waals surface area contributed by atoms with Crippen molar-refractivity contribution in [1.29, 1.82) is 0 Å². The quantitative estimate of drug-likeness (QED) is 0.805. The van der Waals surface area contributed by atoms with Gasteiger partial charge >= 0.3 is 0 Å². The zero-order valence-corrected chi connectivity index (χ0v) is 15.0. The summed E-state index contributed by atoms with van der Waals surface area (Å²) < 4.78 is 22.4. The lowest BCUT2D eigenvalue weighted by Crippen LogP contribution is -2.46. The maximum Gasteiger partial charge on any atom is 0.238 e. The highest BCUT2D eigenvalue weighted by molar-refractivity contribution is 7.89. The zero-order chi connectivity index (χ0) is 17.6. The predicted octanol–water partition coefficient (Wildman–Crippen LogP) is 1.26. The highest BCUT2D eigenvalue weighted by Gasteiger charge is 2.21. The van der Waals surface area contributed by atoms with Gasteiger partial charge < -0.3 is 5.32 Å². The minimum atomic E-state index is -3.66. The van der Waals surface area contributed by atoms with Crippen LogP contribution in [0.15, 0.2) is 29.2 Å². The first-order chi connectivity index (χ1) is 11.4. The van der Waals surface area contributed by atoms with Crippen molar-refractivity contribution in [3.63, 3.8) is 0 Å². The number of amides is 1. The number of hydrogen-bond donors (Lipinski definition) is 2. The Bertz CT molecular complexity index is 636. The number of carbonyl (C=O) groups excluding carboxylic acids is 1. The first kappa shape index (κ1) is 18.9. The van der Waals surface area contributed by atoms with Crippen molar-refractivity contribution in [2.24, 2.45) is 5.14 Å². The standard InChI is InChI=1S/C17H27N3O3S/c1-14(20-12-4-2-3-5-13-20)17(21)19-11-10-15-6-8-16(9-7-15)24(18,22)23/h6-9,14H,2-5,10-13H2,1H3,(H,19,21)(H2,18,22,23)/t14-/m0/s1. The van der Waals surface area contributed by atoms with Gasteiger partial charge in [-0.2, -0.15) is 0 Å². The summed E-state index contributed by atoms with van der Waals surface area (Å²) >= 11 is 0. The summed E-state index contributed by atoms with van der Waals surface area (Å²) in [5.74, 6) is 0.0538. The van der Waals surface area contributed by atoms with E-state index in [1.54, 1.807) is 12.1 Å². The SMILES string of the molecule is C[C@@H](C(=O)NCCc1ccc(S(N)(=O)=O)cc1)N1CCCCCC1. The minimum absolute atomic E-state index is 0.0538. The second-order valence-electron chi connectivity index (χ2n) is 6.36. The van der Waals surface area contributed by atoms with Gasteiger partial charge in [-0.05, 0) is 57.0 Å². The molecule has 0 spiro atoms. The molecule has 0 bridgehead atoms. The van der Waals surface area contributed by atoms with Crippen molar-refractivity contribution in [2.45, 2.75) is 50.0 Å². The van der Waals surface area contributed by atoms with Crippen LogP contribution in [0.3, 0.4) is 0 Å². The molecule has 1 heterocycles. The van der Waals surface area contributed by atoms with Crippen molar-refractivity contribution in [1.82, 2.24) is 10.2 Å². The molecule has 1 amide bonds. The molecule has 1 atom stereocenters. The van der Waals surface area contributed by atoms with Crippen molar-refractivity contribution in [3.05, 3.63) is 29.8 Å². The lowest BCUT2D eigenvalue weighted by molar-refractivity contribution is -0.125. The first-order valence-corrected chi connectivity index (χ1v) is 10.1. The number of hydrogen-bond acceptors (Lipinski definition) is 4. The molecule has 7 heteroatoms. The molecule has 0 radical (unpaired) electrons. The van der Waals surface area contributed by atoms with Crippen LogP contribution in [0.5, 0.6) is 0 Å². The van der Waals surface area contributed by atoms with Gasteiger partial charge in [-0.1, -0.05) is 25.0 Å². The average molecular weight is 353 g/mol. The Balaban J connectivity index is 1.79. The van der Waals surface area contributed by atoms with Crippen LogP contribution in [0.2, 0.25) is 0 Å². The van der Waals surface area contributed by atoms with E-state index in [0.29, 0.717) is 13.0 Å². The van der Waals surface area contributed by atoms with Crippen molar-refractivity contribution >= 4 is 15.9 Å². The summed E-state index contributed by atoms with van der Waals surface area (Å²) in [5, 5.41) is 8.04. The molecule has 1 aromatic rings. The number of nitrogens with one attached hydrogen (secondary N) is 1. The maximum absolute atomic E-state index is 12.3. The van der Waals surface area contributed by atoms with E-state index in [1.807, 2.05) is 6.92 Å². The Kier molecular flexibility index (Phi) is 6.77. The van der Waals surface area contributed by atoms with Crippen LogP contribution in [0.4, 0.5) is 0 Å². The second kappa shape index (κ2) is 8.60. The number of benzene rings is 1. The average Bonchev–Trinajstić information content (AvgIpc) is 2.83. The van der Waals surface area contributed by atoms with Gasteiger partial charge in [-0.25, -0.2) is 13.6 Å². The van der Waals surface area contributed by atoms with Crippen LogP contribution in [0.25, 0.3) is 0 Å². The fourth-order valence-electron chi connectivity index (χ4n) is 2.97. The van der Waals surface area contributed by atoms with Crippen LogP contribution >= 0.6 is 0 Å². The fourth-order valence-corrected chi connectivity index (χ4v) is 3.49. The Labute approximate surface area is 144 Å². The molecule has 2 rings (SSSR count). The number of likely N-dealkylation sites (tertiary alicyclic amines) is 1. The smallest absolute Gasteiger partial charge is 0.238 e. The fraction of sp³-hybridized carbons (Fsp3) is 0.588. The third-order valence-electron chi connectivity index (χ3n) is 4.53. The molecule has 0 saturated carbocycles. The third kappa shape index (κ3) is 5.58. The summed E-state index contributed by atoms with van der Waals surface area (Å²) in [5.41, 5.74) is 0.963. The van der Waals surface area contributed by atoms with Gasteiger partial charge in [-0.3, -0.25) is 9.69 Å². The topological polar surface area (TPSA) is 92.5 Å². The summed E-state index contributed by atoms with van der Waals surface area (Å²) in [6.07, 6.45) is 5.48. The molecule has 1 fully saturated rings. The Hall–Kier alpha value is -1.44. The molecule has 24 heavy (non-hydrogen) atoms. The maximum atomic E-state index is 12.3. The van der Waals surface area contributed by atoms with Crippen LogP contribution in [-0.4, -0.2) is 44.9 Å². The van der Waals surface area contributed by atoms with Crippen molar-refractivity contribution in [2.75, 3.05) is 19.6 Å². The van der Waals surface area contributed by atoms with Gasteiger partial charge in [0.25, 0.3) is 0 Å². The molecule has 1 saturated heterocycles. The Morgan fingerprint density at radius 1 is 1.17 bits per heavy atom. The molecular formula is C17H27N3O3S. The summed E-state index contributed by atoms with van der Waals surface area (Å²) in [6, 6.07) is 6.33. The molecule has 134 valence electrons. The monoisotopic (exact) mass is 353 g/mol. The van der Waals surface area contributed by atoms with E-state index >= 15 is 0 Å². The van der Waals surface area contributed by atoms with E-state index in [4.69, 9.17) is 5.14 Å². The van der Waals surface area contributed by atoms with Crippen LogP contribution in [-0.2, 0) is 21.2 Å². The second-order valence-corrected chi connectivity index (χ2v) is 7.92. The van der Waals surface area contributed by atoms with E-state index in [1.165, 1.54) is 25.0 Å². The van der Waals surface area contributed by atoms with Crippen molar-refractivity contribution < 1.29 is 13.2 Å². The normalized spacial score (nSPS) is 17.9. The number of sulfonamides is 1. The third-order valence-corrected chi connectivity index (χ3v) is 5.46. The van der Waals surface area contributed by atoms with E-state index in [2.05, 4.69) is 10.2 Å². The lowest BCUT2D eigenvalue weighted by atomic mass is 10.1. The highest BCUT2D eigenvalue weighted by Crippen LogP contribution is 2.13. The Morgan fingerprint density at radius 3 is 2.29 bits per heavy atom. The molecular weight excluding hydrogens is 326 g/mol. The number of carbonyl (C=O) groups is 1. The van der Waals surface area contributed by atoms with Crippen LogP contribution in [0.1, 0.15) is 38.2 Å². The van der Waals surface area contributed by atoms with Crippen molar-refractivity contribution in [3.8, 4) is 0 Å². The molecule has 0 aliphatic carbocycles. The summed E-state index contributed by atoms with van der Waals surface area (Å²) in [4.78, 5) is 14.6. The number of primary sulfonamides is 1. The summed E-state index contributed by atoms with van der Waals surface area (Å²) in [6.45, 7) is 4.47. The van der Waals surface area contributed by atoms with E-state index in [9.17, 15) is 13.2 Å². The van der Waals surface area contributed by atoms with Crippen LogP contribution in [0, 0.1) is 0 Å². The molecule has 6 nitrogen and oxygen atoms in total. The molecule has 1 aliphatic heterocycles. The predicted molar refractivity (Wildman–Crippen MR) is 94.0 cm³/mol. The van der Waals surface area contributed by atoms with Gasteiger partial charge in [0.1, 0.15) is 0 Å². The molecule has 1 aromatic carbocycles. The molecule has 0 aromatic heterocycles. The number of rotatable bonds is 6. The molecule has 1 aliphatic rings. The first-order valence-electron chi connectivity index (χ1n) is 8.51. The lowest BCUT2D eigenvalue weighted by Gasteiger charge is -2.26. The Morgan fingerprint density at radius 2 is 1.75 bits per heavy atom. The van der Waals surface area contributed by atoms with Gasteiger partial charge in [0.15, 0.2) is 0 Å². The van der Waals surface area contributed by atoms with Crippen LogP contribution < -0.4 is 10.5 Å². The molecule has 0 unspecified atom stereocenters.